The largest absolute Gasteiger partial charge is 0.325 e. The summed E-state index contributed by atoms with van der Waals surface area (Å²) < 4.78 is 27.7. The van der Waals surface area contributed by atoms with Crippen LogP contribution in [0.3, 0.4) is 0 Å². The van der Waals surface area contributed by atoms with Crippen molar-refractivity contribution in [2.45, 2.75) is 4.90 Å². The maximum absolute atomic E-state index is 14.3. The lowest BCUT2D eigenvalue weighted by Crippen LogP contribution is -2.30. The van der Waals surface area contributed by atoms with Crippen LogP contribution in [0.25, 0.3) is 6.08 Å². The fraction of sp³-hybridized carbons (Fsp3) is 0.0333. The number of halogens is 3. The van der Waals surface area contributed by atoms with Crippen molar-refractivity contribution in [2.24, 2.45) is 0 Å². The quantitative estimate of drug-likeness (QED) is 0.152. The third-order valence-corrected chi connectivity index (χ3v) is 6.68. The Morgan fingerprint density at radius 1 is 0.775 bits per heavy atom. The summed E-state index contributed by atoms with van der Waals surface area (Å²) in [5.74, 6) is -2.63. The minimum atomic E-state index is -0.666. The molecule has 0 aliphatic rings. The van der Waals surface area contributed by atoms with E-state index < -0.39 is 23.4 Å². The van der Waals surface area contributed by atoms with Crippen LogP contribution in [0.2, 0.25) is 5.02 Å². The first-order chi connectivity index (χ1) is 19.3. The smallest absolute Gasteiger partial charge is 0.272 e. The zero-order valence-corrected chi connectivity index (χ0v) is 22.4. The second-order valence-corrected chi connectivity index (χ2v) is 9.80. The fourth-order valence-corrected chi connectivity index (χ4v) is 4.41. The number of carbonyl (C=O) groups excluding carboxylic acids is 3. The number of benzene rings is 4. The highest BCUT2D eigenvalue weighted by Gasteiger charge is 2.16. The van der Waals surface area contributed by atoms with Crippen LogP contribution >= 0.6 is 23.4 Å². The van der Waals surface area contributed by atoms with Gasteiger partial charge in [-0.25, -0.2) is 8.78 Å². The molecule has 40 heavy (non-hydrogen) atoms. The number of hydrogen-bond donors (Lipinski definition) is 3. The lowest BCUT2D eigenvalue weighted by atomic mass is 10.1. The fourth-order valence-electron chi connectivity index (χ4n) is 3.47. The summed E-state index contributed by atoms with van der Waals surface area (Å²) in [6.45, 7) is 0. The number of carbonyl (C=O) groups is 3. The Hall–Kier alpha value is -4.47. The molecule has 202 valence electrons. The van der Waals surface area contributed by atoms with Crippen LogP contribution < -0.4 is 16.0 Å². The van der Waals surface area contributed by atoms with Crippen LogP contribution in [-0.4, -0.2) is 23.5 Å². The van der Waals surface area contributed by atoms with Crippen LogP contribution in [0.5, 0.6) is 0 Å². The molecule has 3 amide bonds. The van der Waals surface area contributed by atoms with Crippen LogP contribution in [0, 0.1) is 11.6 Å². The zero-order valence-electron chi connectivity index (χ0n) is 20.8. The van der Waals surface area contributed by atoms with Gasteiger partial charge in [0.1, 0.15) is 17.3 Å². The maximum Gasteiger partial charge on any atom is 0.272 e. The molecule has 0 aliphatic carbocycles. The molecular weight excluding hydrogens is 556 g/mol. The molecule has 6 nitrogen and oxygen atoms in total. The Bertz CT molecular complexity index is 1580. The Kier molecular flexibility index (Phi) is 9.66. The molecule has 4 rings (SSSR count). The average molecular weight is 578 g/mol. The molecule has 0 spiro atoms. The van der Waals surface area contributed by atoms with E-state index in [1.54, 1.807) is 60.7 Å². The van der Waals surface area contributed by atoms with E-state index in [0.717, 1.165) is 6.07 Å². The molecule has 4 aromatic carbocycles. The number of hydrogen-bond acceptors (Lipinski definition) is 4. The molecule has 10 heteroatoms. The first-order valence-corrected chi connectivity index (χ1v) is 13.3. The lowest BCUT2D eigenvalue weighted by Gasteiger charge is -2.12. The van der Waals surface area contributed by atoms with Gasteiger partial charge < -0.3 is 16.0 Å². The van der Waals surface area contributed by atoms with Crippen molar-refractivity contribution in [1.82, 2.24) is 5.32 Å². The van der Waals surface area contributed by atoms with E-state index in [1.807, 2.05) is 0 Å². The van der Waals surface area contributed by atoms with Gasteiger partial charge in [0.2, 0.25) is 5.91 Å². The van der Waals surface area contributed by atoms with Gasteiger partial charge in [0.15, 0.2) is 0 Å². The van der Waals surface area contributed by atoms with Gasteiger partial charge in [-0.2, -0.15) is 0 Å². The molecular formula is C30H22ClF2N3O3S. The van der Waals surface area contributed by atoms with Crippen molar-refractivity contribution >= 4 is 58.5 Å². The molecule has 0 radical (unpaired) electrons. The lowest BCUT2D eigenvalue weighted by molar-refractivity contribution is -0.114. The monoisotopic (exact) mass is 577 g/mol. The predicted molar refractivity (Wildman–Crippen MR) is 154 cm³/mol. The van der Waals surface area contributed by atoms with Gasteiger partial charge in [-0.1, -0.05) is 54.1 Å². The third kappa shape index (κ3) is 8.02. The molecule has 0 atom stereocenters. The van der Waals surface area contributed by atoms with E-state index in [-0.39, 0.29) is 27.9 Å². The second kappa shape index (κ2) is 13.5. The van der Waals surface area contributed by atoms with Crippen molar-refractivity contribution in [2.75, 3.05) is 16.4 Å². The maximum atomic E-state index is 14.3. The van der Waals surface area contributed by atoms with Gasteiger partial charge in [-0.05, 0) is 60.7 Å². The van der Waals surface area contributed by atoms with Gasteiger partial charge >= 0.3 is 0 Å². The van der Waals surface area contributed by atoms with Crippen molar-refractivity contribution in [3.05, 3.63) is 131 Å². The SMILES string of the molecule is O=C(CSc1cccc(NC(=O)/C(=C/c2ccccc2F)NC(=O)c2ccccc2)c1)Nc1ccc(F)c(Cl)c1. The van der Waals surface area contributed by atoms with Crippen LogP contribution in [0.15, 0.2) is 108 Å². The summed E-state index contributed by atoms with van der Waals surface area (Å²) in [4.78, 5) is 39.0. The zero-order chi connectivity index (χ0) is 28.5. The van der Waals surface area contributed by atoms with E-state index >= 15 is 0 Å². The number of rotatable bonds is 9. The molecule has 3 N–H and O–H groups in total. The van der Waals surface area contributed by atoms with Crippen LogP contribution in [0.4, 0.5) is 20.2 Å². The topological polar surface area (TPSA) is 87.3 Å². The van der Waals surface area contributed by atoms with Crippen LogP contribution in [0.1, 0.15) is 15.9 Å². The molecule has 0 aromatic heterocycles. The highest BCUT2D eigenvalue weighted by atomic mass is 35.5. The molecule has 0 saturated heterocycles. The standard InChI is InChI=1S/C30H22ClF2N3O3S/c31-24-17-22(13-14-26(24)33)34-28(37)18-40-23-11-6-10-21(16-23)35-30(39)27(15-20-9-4-5-12-25(20)32)36-29(38)19-7-2-1-3-8-19/h1-17H,18H2,(H,34,37)(H,35,39)(H,36,38)/b27-15-. The van der Waals surface area contributed by atoms with Crippen molar-refractivity contribution in [1.29, 1.82) is 0 Å². The van der Waals surface area contributed by atoms with Gasteiger partial charge in [0, 0.05) is 27.4 Å². The van der Waals surface area contributed by atoms with Gasteiger partial charge in [0.05, 0.1) is 10.8 Å². The molecule has 0 aliphatic heterocycles. The number of anilines is 2. The van der Waals surface area contributed by atoms with Gasteiger partial charge in [-0.15, -0.1) is 11.8 Å². The van der Waals surface area contributed by atoms with E-state index in [2.05, 4.69) is 16.0 Å². The third-order valence-electron chi connectivity index (χ3n) is 5.40. The summed E-state index contributed by atoms with van der Waals surface area (Å²) in [6.07, 6.45) is 1.26. The first kappa shape index (κ1) is 28.5. The normalized spacial score (nSPS) is 11.0. The Morgan fingerprint density at radius 2 is 1.50 bits per heavy atom. The van der Waals surface area contributed by atoms with E-state index in [4.69, 9.17) is 11.6 Å². The molecule has 0 saturated carbocycles. The molecule has 0 unspecified atom stereocenters. The first-order valence-electron chi connectivity index (χ1n) is 11.9. The number of thioether (sulfide) groups is 1. The average Bonchev–Trinajstić information content (AvgIpc) is 2.95. The highest BCUT2D eigenvalue weighted by Crippen LogP contribution is 2.24. The molecule has 4 aromatic rings. The van der Waals surface area contributed by atoms with Gasteiger partial charge in [0.25, 0.3) is 11.8 Å². The summed E-state index contributed by atoms with van der Waals surface area (Å²) in [7, 11) is 0. The van der Waals surface area contributed by atoms with E-state index in [0.29, 0.717) is 21.8 Å². The number of nitrogens with one attached hydrogen (secondary N) is 3. The minimum Gasteiger partial charge on any atom is -0.325 e. The predicted octanol–water partition coefficient (Wildman–Crippen LogP) is 6.76. The Labute approximate surface area is 238 Å². The molecule has 0 bridgehead atoms. The highest BCUT2D eigenvalue weighted by molar-refractivity contribution is 8.00. The Balaban J connectivity index is 1.45. The Morgan fingerprint density at radius 3 is 2.25 bits per heavy atom. The van der Waals surface area contributed by atoms with Crippen molar-refractivity contribution in [3.8, 4) is 0 Å². The van der Waals surface area contributed by atoms with Gasteiger partial charge in [-0.3, -0.25) is 14.4 Å². The molecule has 0 fully saturated rings. The van der Waals surface area contributed by atoms with Crippen LogP contribution in [-0.2, 0) is 9.59 Å². The summed E-state index contributed by atoms with van der Waals surface area (Å²) in [5.41, 5.74) is 1.06. The summed E-state index contributed by atoms with van der Waals surface area (Å²) >= 11 is 6.96. The molecule has 0 heterocycles. The second-order valence-electron chi connectivity index (χ2n) is 8.35. The minimum absolute atomic E-state index is 0.0396. The van der Waals surface area contributed by atoms with Crippen molar-refractivity contribution in [3.63, 3.8) is 0 Å². The number of amides is 3. The van der Waals surface area contributed by atoms with Crippen molar-refractivity contribution < 1.29 is 23.2 Å². The van der Waals surface area contributed by atoms with E-state index in [9.17, 15) is 23.2 Å². The summed E-state index contributed by atoms with van der Waals surface area (Å²) in [5, 5.41) is 7.82. The van der Waals surface area contributed by atoms with E-state index in [1.165, 1.54) is 48.2 Å². The summed E-state index contributed by atoms with van der Waals surface area (Å²) in [6, 6.07) is 24.8.